The van der Waals surface area contributed by atoms with E-state index in [1.165, 1.54) is 32.1 Å². The first-order chi connectivity index (χ1) is 11.1. The van der Waals surface area contributed by atoms with E-state index in [1.54, 1.807) is 0 Å². The minimum atomic E-state index is -1.06. The van der Waals surface area contributed by atoms with Crippen LogP contribution in [0.15, 0.2) is 0 Å². The van der Waals surface area contributed by atoms with Gasteiger partial charge in [0.15, 0.2) is 0 Å². The predicted octanol–water partition coefficient (Wildman–Crippen LogP) is 3.01. The number of hydrogen-bond acceptors (Lipinski definition) is 4. The van der Waals surface area contributed by atoms with E-state index in [-0.39, 0.29) is 0 Å². The first-order valence-electron chi connectivity index (χ1n) is 9.03. The molecule has 1 rings (SSSR count). The normalized spacial score (nSPS) is 16.2. The zero-order chi connectivity index (χ0) is 16.9. The molecule has 0 spiro atoms. The lowest BCUT2D eigenvalue weighted by atomic mass is 10.1. The van der Waals surface area contributed by atoms with E-state index in [0.717, 1.165) is 38.9 Å². The molecule has 1 unspecified atom stereocenters. The number of rotatable bonds is 12. The topological polar surface area (TPSA) is 78.9 Å². The van der Waals surface area contributed by atoms with Crippen LogP contribution in [0.4, 0.5) is 4.79 Å². The zero-order valence-corrected chi connectivity index (χ0v) is 14.4. The summed E-state index contributed by atoms with van der Waals surface area (Å²) in [5.74, 6) is -1.06. The summed E-state index contributed by atoms with van der Waals surface area (Å²) < 4.78 is 5.04. The van der Waals surface area contributed by atoms with Crippen molar-refractivity contribution in [2.24, 2.45) is 0 Å². The van der Waals surface area contributed by atoms with Crippen LogP contribution in [0.2, 0.25) is 0 Å². The van der Waals surface area contributed by atoms with Gasteiger partial charge in [-0.3, -0.25) is 0 Å². The summed E-state index contributed by atoms with van der Waals surface area (Å²) >= 11 is 0. The molecule has 1 atom stereocenters. The van der Waals surface area contributed by atoms with Gasteiger partial charge in [-0.05, 0) is 38.8 Å². The quantitative estimate of drug-likeness (QED) is 0.538. The Labute approximate surface area is 139 Å². The van der Waals surface area contributed by atoms with Gasteiger partial charge < -0.3 is 20.1 Å². The van der Waals surface area contributed by atoms with Gasteiger partial charge in [-0.1, -0.05) is 39.0 Å². The fourth-order valence-electron chi connectivity index (χ4n) is 2.84. The minimum Gasteiger partial charge on any atom is -0.479 e. The summed E-state index contributed by atoms with van der Waals surface area (Å²) in [7, 11) is 0. The monoisotopic (exact) mass is 328 g/mol. The molecule has 0 bridgehead atoms. The number of carbonyl (C=O) groups excluding carboxylic acids is 1. The van der Waals surface area contributed by atoms with Crippen molar-refractivity contribution in [3.8, 4) is 0 Å². The number of amides is 1. The maximum atomic E-state index is 11.7. The molecule has 0 aromatic heterocycles. The van der Waals surface area contributed by atoms with Crippen molar-refractivity contribution in [1.29, 1.82) is 0 Å². The van der Waals surface area contributed by atoms with Crippen LogP contribution >= 0.6 is 0 Å². The lowest BCUT2D eigenvalue weighted by Gasteiger charge is -2.17. The van der Waals surface area contributed by atoms with Crippen molar-refractivity contribution < 1.29 is 19.4 Å². The summed E-state index contributed by atoms with van der Waals surface area (Å²) in [6, 6.07) is 0. The largest absolute Gasteiger partial charge is 0.479 e. The molecular formula is C17H32N2O4. The van der Waals surface area contributed by atoms with Crippen molar-refractivity contribution in [3.05, 3.63) is 0 Å². The average molecular weight is 328 g/mol. The molecule has 0 radical (unpaired) electrons. The summed E-state index contributed by atoms with van der Waals surface area (Å²) in [4.78, 5) is 25.1. The third kappa shape index (κ3) is 9.43. The Kier molecular flexibility index (Phi) is 10.4. The SMILES string of the molecule is CCCCCCCCC(OC(=O)NCCN1CCCC1)C(=O)O. The number of hydrogen-bond donors (Lipinski definition) is 2. The Morgan fingerprint density at radius 3 is 2.43 bits per heavy atom. The number of carboxylic acids is 1. The van der Waals surface area contributed by atoms with Crippen LogP contribution in [0.1, 0.15) is 64.7 Å². The lowest BCUT2D eigenvalue weighted by Crippen LogP contribution is -2.37. The highest BCUT2D eigenvalue weighted by atomic mass is 16.6. The molecule has 1 amide bonds. The van der Waals surface area contributed by atoms with Crippen molar-refractivity contribution in [3.63, 3.8) is 0 Å². The Hall–Kier alpha value is -1.30. The zero-order valence-electron chi connectivity index (χ0n) is 14.4. The first-order valence-corrected chi connectivity index (χ1v) is 9.03. The van der Waals surface area contributed by atoms with Gasteiger partial charge in [-0.15, -0.1) is 0 Å². The number of nitrogens with zero attached hydrogens (tertiary/aromatic N) is 1. The molecule has 0 aliphatic carbocycles. The van der Waals surface area contributed by atoms with Crippen LogP contribution < -0.4 is 5.32 Å². The predicted molar refractivity (Wildman–Crippen MR) is 89.6 cm³/mol. The van der Waals surface area contributed by atoms with Gasteiger partial charge in [0.25, 0.3) is 0 Å². The van der Waals surface area contributed by atoms with Crippen LogP contribution in [0.3, 0.4) is 0 Å². The van der Waals surface area contributed by atoms with Gasteiger partial charge in [0.05, 0.1) is 0 Å². The number of carbonyl (C=O) groups is 2. The van der Waals surface area contributed by atoms with E-state index in [9.17, 15) is 9.59 Å². The summed E-state index contributed by atoms with van der Waals surface area (Å²) in [5.41, 5.74) is 0. The molecule has 6 heteroatoms. The minimum absolute atomic E-state index is 0.390. The molecule has 1 fully saturated rings. The Morgan fingerprint density at radius 1 is 1.13 bits per heavy atom. The summed E-state index contributed by atoms with van der Waals surface area (Å²) in [6.07, 6.45) is 7.64. The molecule has 0 saturated carbocycles. The van der Waals surface area contributed by atoms with Gasteiger partial charge >= 0.3 is 12.1 Å². The van der Waals surface area contributed by atoms with Gasteiger partial charge in [0, 0.05) is 13.1 Å². The van der Waals surface area contributed by atoms with Gasteiger partial charge in [0.1, 0.15) is 0 Å². The van der Waals surface area contributed by atoms with Crippen LogP contribution in [-0.4, -0.2) is 54.4 Å². The van der Waals surface area contributed by atoms with E-state index in [0.29, 0.717) is 13.0 Å². The fourth-order valence-corrected chi connectivity index (χ4v) is 2.84. The Morgan fingerprint density at radius 2 is 1.78 bits per heavy atom. The molecule has 2 N–H and O–H groups in total. The van der Waals surface area contributed by atoms with Crippen molar-refractivity contribution in [1.82, 2.24) is 10.2 Å². The Bertz CT molecular complexity index is 343. The molecule has 0 aromatic carbocycles. The molecule has 23 heavy (non-hydrogen) atoms. The van der Waals surface area contributed by atoms with Crippen LogP contribution in [0.25, 0.3) is 0 Å². The molecule has 134 valence electrons. The maximum absolute atomic E-state index is 11.7. The van der Waals surface area contributed by atoms with Crippen LogP contribution in [0.5, 0.6) is 0 Å². The third-order valence-electron chi connectivity index (χ3n) is 4.24. The second-order valence-electron chi connectivity index (χ2n) is 6.26. The standard InChI is InChI=1S/C17H32N2O4/c1-2-3-4-5-6-7-10-15(16(20)21)23-17(22)18-11-14-19-12-8-9-13-19/h15H,2-14H2,1H3,(H,18,22)(H,20,21). The fraction of sp³-hybridized carbons (Fsp3) is 0.882. The molecular weight excluding hydrogens is 296 g/mol. The van der Waals surface area contributed by atoms with E-state index in [4.69, 9.17) is 9.84 Å². The van der Waals surface area contributed by atoms with Gasteiger partial charge in [-0.2, -0.15) is 0 Å². The van der Waals surface area contributed by atoms with Crippen molar-refractivity contribution >= 4 is 12.1 Å². The average Bonchev–Trinajstić information content (AvgIpc) is 3.02. The number of unbranched alkanes of at least 4 members (excludes halogenated alkanes) is 5. The maximum Gasteiger partial charge on any atom is 0.408 e. The third-order valence-corrected chi connectivity index (χ3v) is 4.24. The van der Waals surface area contributed by atoms with Crippen LogP contribution in [-0.2, 0) is 9.53 Å². The number of alkyl carbamates (subject to hydrolysis) is 1. The highest BCUT2D eigenvalue weighted by Crippen LogP contribution is 2.11. The number of nitrogens with one attached hydrogen (secondary N) is 1. The molecule has 1 saturated heterocycles. The van der Waals surface area contributed by atoms with Crippen molar-refractivity contribution in [2.75, 3.05) is 26.2 Å². The summed E-state index contributed by atoms with van der Waals surface area (Å²) in [6.45, 7) is 5.61. The van der Waals surface area contributed by atoms with Gasteiger partial charge in [0.2, 0.25) is 6.10 Å². The van der Waals surface area contributed by atoms with E-state index < -0.39 is 18.2 Å². The van der Waals surface area contributed by atoms with Crippen LogP contribution in [0, 0.1) is 0 Å². The van der Waals surface area contributed by atoms with E-state index in [2.05, 4.69) is 17.1 Å². The second kappa shape index (κ2) is 12.2. The Balaban J connectivity index is 2.12. The van der Waals surface area contributed by atoms with E-state index in [1.807, 2.05) is 0 Å². The molecule has 6 nitrogen and oxygen atoms in total. The number of aliphatic carboxylic acids is 1. The smallest absolute Gasteiger partial charge is 0.408 e. The molecule has 1 aliphatic heterocycles. The number of likely N-dealkylation sites (tertiary alicyclic amines) is 1. The first kappa shape index (κ1) is 19.7. The molecule has 1 aliphatic rings. The van der Waals surface area contributed by atoms with Gasteiger partial charge in [-0.25, -0.2) is 9.59 Å². The second-order valence-corrected chi connectivity index (χ2v) is 6.26. The van der Waals surface area contributed by atoms with E-state index >= 15 is 0 Å². The highest BCUT2D eigenvalue weighted by molar-refractivity contribution is 5.77. The lowest BCUT2D eigenvalue weighted by molar-refractivity contribution is -0.147. The number of carboxylic acid groups (broad SMARTS) is 1. The summed E-state index contributed by atoms with van der Waals surface area (Å²) in [5, 5.41) is 11.8. The number of ether oxygens (including phenoxy) is 1. The van der Waals surface area contributed by atoms with Crippen molar-refractivity contribution in [2.45, 2.75) is 70.8 Å². The molecule has 0 aromatic rings. The highest BCUT2D eigenvalue weighted by Gasteiger charge is 2.21. The molecule has 1 heterocycles.